The summed E-state index contributed by atoms with van der Waals surface area (Å²) < 4.78 is 39.4. The van der Waals surface area contributed by atoms with Gasteiger partial charge in [-0.15, -0.1) is 23.5 Å². The smallest absolute Gasteiger partial charge is 0.166 e. The highest BCUT2D eigenvalue weighted by atomic mass is 35.5. The Morgan fingerprint density at radius 3 is 2.07 bits per heavy atom. The van der Waals surface area contributed by atoms with E-state index in [0.29, 0.717) is 11.4 Å². The quantitative estimate of drug-likeness (QED) is 0.435. The molecular weight excluding hydrogens is 409 g/mol. The van der Waals surface area contributed by atoms with Crippen molar-refractivity contribution in [3.8, 4) is 0 Å². The fourth-order valence-corrected chi connectivity index (χ4v) is 5.22. The van der Waals surface area contributed by atoms with Crippen molar-refractivity contribution < 1.29 is 13.2 Å². The van der Waals surface area contributed by atoms with Gasteiger partial charge in [-0.1, -0.05) is 64.4 Å². The summed E-state index contributed by atoms with van der Waals surface area (Å²) in [5.41, 5.74) is 0.483. The second-order valence-electron chi connectivity index (χ2n) is 8.01. The van der Waals surface area contributed by atoms with Crippen molar-refractivity contribution in [1.29, 1.82) is 0 Å². The van der Waals surface area contributed by atoms with Crippen LogP contribution in [-0.4, -0.2) is 9.49 Å². The molecule has 0 radical (unpaired) electrons. The molecule has 0 aliphatic heterocycles. The molecule has 0 unspecified atom stereocenters. The number of benzene rings is 2. The molecule has 0 heterocycles. The van der Waals surface area contributed by atoms with E-state index in [4.69, 9.17) is 11.6 Å². The van der Waals surface area contributed by atoms with Crippen LogP contribution in [0, 0.1) is 0 Å². The van der Waals surface area contributed by atoms with Gasteiger partial charge in [-0.25, -0.2) is 0 Å². The van der Waals surface area contributed by atoms with E-state index in [9.17, 15) is 13.2 Å². The third kappa shape index (κ3) is 6.95. The second-order valence-corrected chi connectivity index (χ2v) is 12.0. The molecule has 0 fully saturated rings. The van der Waals surface area contributed by atoms with Gasteiger partial charge in [0.1, 0.15) is 0 Å². The molecule has 0 aliphatic rings. The fraction of sp³-hybridized carbons (Fsp3) is 0.429. The lowest BCUT2D eigenvalue weighted by Crippen LogP contribution is -2.19. The van der Waals surface area contributed by atoms with E-state index in [0.717, 1.165) is 16.5 Å². The van der Waals surface area contributed by atoms with Crippen LogP contribution in [0.15, 0.2) is 52.3 Å². The van der Waals surface area contributed by atoms with E-state index < -0.39 is 16.5 Å². The molecule has 6 heteroatoms. The first kappa shape index (κ1) is 22.5. The highest BCUT2D eigenvalue weighted by Gasteiger charge is 2.35. The van der Waals surface area contributed by atoms with Crippen LogP contribution in [0.25, 0.3) is 0 Å². The summed E-state index contributed by atoms with van der Waals surface area (Å²) in [5, 5.41) is 0.701. The number of hydrogen-bond acceptors (Lipinski definition) is 2. The molecule has 0 N–H and O–H groups in total. The van der Waals surface area contributed by atoms with Crippen LogP contribution in [0.5, 0.6) is 0 Å². The van der Waals surface area contributed by atoms with Crippen LogP contribution < -0.4 is 0 Å². The third-order valence-electron chi connectivity index (χ3n) is 3.62. The Hall–Kier alpha value is -0.780. The topological polar surface area (TPSA) is 0 Å². The Morgan fingerprint density at radius 1 is 0.852 bits per heavy atom. The van der Waals surface area contributed by atoms with E-state index in [1.165, 1.54) is 23.9 Å². The van der Waals surface area contributed by atoms with E-state index >= 15 is 0 Å². The number of hydrogen-bond donors (Lipinski definition) is 0. The average molecular weight is 433 g/mol. The van der Waals surface area contributed by atoms with Gasteiger partial charge < -0.3 is 0 Å². The Morgan fingerprint density at radius 2 is 1.48 bits per heavy atom. The largest absolute Gasteiger partial charge is 0.417 e. The van der Waals surface area contributed by atoms with E-state index in [2.05, 4.69) is 26.8 Å². The van der Waals surface area contributed by atoms with Gasteiger partial charge in [0.25, 0.3) is 0 Å². The van der Waals surface area contributed by atoms with Gasteiger partial charge in [-0.3, -0.25) is 0 Å². The monoisotopic (exact) mass is 432 g/mol. The van der Waals surface area contributed by atoms with Crippen LogP contribution in [-0.2, 0) is 12.6 Å². The van der Waals surface area contributed by atoms with Gasteiger partial charge >= 0.3 is 6.18 Å². The molecule has 0 spiro atoms. The summed E-state index contributed by atoms with van der Waals surface area (Å²) in [6.45, 7) is 10.3. The van der Waals surface area contributed by atoms with Crippen LogP contribution >= 0.6 is 35.1 Å². The predicted octanol–water partition coefficient (Wildman–Crippen LogP) is 8.36. The number of halogens is 4. The predicted molar refractivity (Wildman–Crippen MR) is 112 cm³/mol. The van der Waals surface area contributed by atoms with Gasteiger partial charge in [0.05, 0.1) is 10.6 Å². The zero-order valence-electron chi connectivity index (χ0n) is 16.1. The summed E-state index contributed by atoms with van der Waals surface area (Å²) in [6, 6.07) is 11.6. The first-order valence-corrected chi connectivity index (χ1v) is 10.6. The summed E-state index contributed by atoms with van der Waals surface area (Å²) in [4.78, 5) is 1.26. The van der Waals surface area contributed by atoms with Gasteiger partial charge in [-0.2, -0.15) is 13.2 Å². The SMILES string of the molecule is CC(C)(C)Sc1cc(CC(C)(C)Sc2ccccc2C(F)(F)F)ccc1Cl. The van der Waals surface area contributed by atoms with E-state index in [1.54, 1.807) is 17.8 Å². The molecule has 27 heavy (non-hydrogen) atoms. The molecule has 0 nitrogen and oxygen atoms in total. The highest BCUT2D eigenvalue weighted by Crippen LogP contribution is 2.43. The Labute approximate surface area is 173 Å². The van der Waals surface area contributed by atoms with Crippen molar-refractivity contribution in [2.24, 2.45) is 0 Å². The summed E-state index contributed by atoms with van der Waals surface area (Å²) in [7, 11) is 0. The Balaban J connectivity index is 2.24. The van der Waals surface area contributed by atoms with Crippen LogP contribution in [0.1, 0.15) is 45.7 Å². The zero-order chi connectivity index (χ0) is 20.5. The maximum atomic E-state index is 13.3. The van der Waals surface area contributed by atoms with E-state index in [1.807, 2.05) is 26.0 Å². The van der Waals surface area contributed by atoms with Crippen molar-refractivity contribution in [3.63, 3.8) is 0 Å². The molecule has 0 bridgehead atoms. The van der Waals surface area contributed by atoms with Crippen molar-refractivity contribution in [1.82, 2.24) is 0 Å². The minimum Gasteiger partial charge on any atom is -0.166 e. The molecule has 148 valence electrons. The minimum atomic E-state index is -4.35. The van der Waals surface area contributed by atoms with Crippen LogP contribution in [0.4, 0.5) is 13.2 Å². The van der Waals surface area contributed by atoms with E-state index in [-0.39, 0.29) is 9.64 Å². The van der Waals surface area contributed by atoms with Gasteiger partial charge in [0.15, 0.2) is 0 Å². The van der Waals surface area contributed by atoms with Crippen LogP contribution in [0.3, 0.4) is 0 Å². The number of alkyl halides is 3. The summed E-state index contributed by atoms with van der Waals surface area (Å²) >= 11 is 9.27. The molecule has 2 rings (SSSR count). The normalized spacial score (nSPS) is 13.1. The van der Waals surface area contributed by atoms with Crippen molar-refractivity contribution in [3.05, 3.63) is 58.6 Å². The van der Waals surface area contributed by atoms with Gasteiger partial charge in [0, 0.05) is 19.3 Å². The van der Waals surface area contributed by atoms with Crippen molar-refractivity contribution in [2.45, 2.75) is 66.5 Å². The zero-order valence-corrected chi connectivity index (χ0v) is 18.5. The molecule has 0 saturated carbocycles. The average Bonchev–Trinajstić information content (AvgIpc) is 2.48. The maximum Gasteiger partial charge on any atom is 0.417 e. The van der Waals surface area contributed by atoms with Crippen molar-refractivity contribution >= 4 is 35.1 Å². The maximum absolute atomic E-state index is 13.3. The lowest BCUT2D eigenvalue weighted by molar-refractivity contribution is -0.139. The van der Waals surface area contributed by atoms with Gasteiger partial charge in [-0.05, 0) is 36.2 Å². The highest BCUT2D eigenvalue weighted by molar-refractivity contribution is 8.01. The second kappa shape index (κ2) is 8.30. The number of thioether (sulfide) groups is 2. The lowest BCUT2D eigenvalue weighted by atomic mass is 10.0. The minimum absolute atomic E-state index is 0.0260. The lowest BCUT2D eigenvalue weighted by Gasteiger charge is -2.26. The first-order valence-electron chi connectivity index (χ1n) is 8.59. The molecular formula is C21H24ClF3S2. The molecule has 2 aromatic rings. The summed E-state index contributed by atoms with van der Waals surface area (Å²) in [6.07, 6.45) is -3.71. The third-order valence-corrected chi connectivity index (χ3v) is 6.50. The molecule has 0 aromatic heterocycles. The first-order chi connectivity index (χ1) is 12.3. The molecule has 0 amide bonds. The molecule has 2 aromatic carbocycles. The standard InChI is InChI=1S/C21H24ClF3S2/c1-19(2,3)26-18-12-14(10-11-16(18)22)13-20(4,5)27-17-9-7-6-8-15(17)21(23,24)25/h6-12H,13H2,1-5H3. The summed E-state index contributed by atoms with van der Waals surface area (Å²) in [5.74, 6) is 0. The van der Waals surface area contributed by atoms with Gasteiger partial charge in [0.2, 0.25) is 0 Å². The van der Waals surface area contributed by atoms with Crippen LogP contribution in [0.2, 0.25) is 5.02 Å². The van der Waals surface area contributed by atoms with Crippen molar-refractivity contribution in [2.75, 3.05) is 0 Å². The molecule has 0 atom stereocenters. The Kier molecular flexibility index (Phi) is 6.92. The number of rotatable bonds is 5. The fourth-order valence-electron chi connectivity index (χ4n) is 2.68. The molecule has 0 aliphatic carbocycles. The molecule has 0 saturated heterocycles. The Bertz CT molecular complexity index is 793.